The fourth-order valence-electron chi connectivity index (χ4n) is 0.894. The number of nitrogens with one attached hydrogen (secondary N) is 2. The minimum Gasteiger partial charge on any atom is -0.367 e. The molecule has 0 atom stereocenters. The lowest BCUT2D eigenvalue weighted by molar-refractivity contribution is 1.31. The van der Waals surface area contributed by atoms with E-state index < -0.39 is 0 Å². The molecule has 0 fully saturated rings. The van der Waals surface area contributed by atoms with Crippen LogP contribution >= 0.6 is 0 Å². The van der Waals surface area contributed by atoms with Crippen molar-refractivity contribution in [3.05, 3.63) is 30.9 Å². The smallest absolute Gasteiger partial charge is 0.138 e. The Morgan fingerprint density at radius 3 is 2.90 bits per heavy atom. The topological polar surface area (TPSA) is 44.5 Å². The van der Waals surface area contributed by atoms with Gasteiger partial charge in [-0.3, -0.25) is 0 Å². The van der Waals surface area contributed by atoms with Gasteiger partial charge in [-0.15, -0.1) is 0 Å². The predicted octanol–water partition coefficient (Wildman–Crippen LogP) is 1.40. The van der Waals surface area contributed by atoms with Crippen molar-refractivity contribution in [2.75, 3.05) is 0 Å². The first kappa shape index (κ1) is 5.29. The zero-order valence-electron chi connectivity index (χ0n) is 5.33. The van der Waals surface area contributed by atoms with Gasteiger partial charge in [-0.05, 0) is 6.07 Å². The third-order valence-corrected chi connectivity index (χ3v) is 1.37. The minimum absolute atomic E-state index is 0.904. The predicted molar refractivity (Wildman–Crippen MR) is 38.4 cm³/mol. The molecular formula is C7H7N3. The third-order valence-electron chi connectivity index (χ3n) is 1.37. The van der Waals surface area contributed by atoms with Crippen LogP contribution in [0.15, 0.2) is 30.9 Å². The first-order valence-corrected chi connectivity index (χ1v) is 3.09. The lowest BCUT2D eigenvalue weighted by Crippen LogP contribution is -1.73. The van der Waals surface area contributed by atoms with Crippen LogP contribution in [0.1, 0.15) is 0 Å². The standard InChI is InChI=1S/C7H7N3/c1-2-8-5-6(1)7-9-3-4-10-7/h1-5,8H,(H,9,10). The van der Waals surface area contributed by atoms with Gasteiger partial charge in [-0.1, -0.05) is 0 Å². The molecular weight excluding hydrogens is 126 g/mol. The number of H-pyrrole nitrogens is 2. The van der Waals surface area contributed by atoms with Crippen LogP contribution in [0.4, 0.5) is 0 Å². The van der Waals surface area contributed by atoms with Crippen molar-refractivity contribution < 1.29 is 0 Å². The average Bonchev–Trinajstić information content (AvgIpc) is 2.59. The van der Waals surface area contributed by atoms with Gasteiger partial charge in [-0.25, -0.2) is 4.98 Å². The van der Waals surface area contributed by atoms with Gasteiger partial charge >= 0.3 is 0 Å². The van der Waals surface area contributed by atoms with Gasteiger partial charge in [0.2, 0.25) is 0 Å². The first-order chi connectivity index (χ1) is 4.97. The lowest BCUT2D eigenvalue weighted by Gasteiger charge is -1.85. The number of nitrogens with zero attached hydrogens (tertiary/aromatic N) is 1. The van der Waals surface area contributed by atoms with Crippen molar-refractivity contribution in [1.29, 1.82) is 0 Å². The second-order valence-corrected chi connectivity index (χ2v) is 2.04. The van der Waals surface area contributed by atoms with Crippen LogP contribution < -0.4 is 0 Å². The van der Waals surface area contributed by atoms with Crippen molar-refractivity contribution in [2.24, 2.45) is 0 Å². The molecule has 0 aliphatic heterocycles. The van der Waals surface area contributed by atoms with E-state index >= 15 is 0 Å². The summed E-state index contributed by atoms with van der Waals surface area (Å²) >= 11 is 0. The number of hydrogen-bond acceptors (Lipinski definition) is 1. The van der Waals surface area contributed by atoms with Crippen LogP contribution in [-0.4, -0.2) is 15.0 Å². The van der Waals surface area contributed by atoms with E-state index in [1.165, 1.54) is 0 Å². The van der Waals surface area contributed by atoms with Crippen molar-refractivity contribution in [2.45, 2.75) is 0 Å². The van der Waals surface area contributed by atoms with Crippen LogP contribution in [0, 0.1) is 0 Å². The number of aromatic amines is 2. The van der Waals surface area contributed by atoms with Gasteiger partial charge in [0.25, 0.3) is 0 Å². The molecule has 50 valence electrons. The van der Waals surface area contributed by atoms with Crippen molar-refractivity contribution in [3.8, 4) is 11.4 Å². The molecule has 0 aliphatic carbocycles. The summed E-state index contributed by atoms with van der Waals surface area (Å²) < 4.78 is 0. The molecule has 0 aromatic carbocycles. The highest BCUT2D eigenvalue weighted by molar-refractivity contribution is 5.52. The highest BCUT2D eigenvalue weighted by Crippen LogP contribution is 2.11. The van der Waals surface area contributed by atoms with Crippen molar-refractivity contribution in [3.63, 3.8) is 0 Å². The van der Waals surface area contributed by atoms with E-state index in [1.807, 2.05) is 24.7 Å². The monoisotopic (exact) mass is 133 g/mol. The summed E-state index contributed by atoms with van der Waals surface area (Å²) in [6, 6.07) is 1.97. The zero-order chi connectivity index (χ0) is 6.81. The van der Waals surface area contributed by atoms with E-state index in [2.05, 4.69) is 15.0 Å². The fraction of sp³-hybridized carbons (Fsp3) is 0. The summed E-state index contributed by atoms with van der Waals surface area (Å²) in [6.45, 7) is 0. The molecule has 0 unspecified atom stereocenters. The largest absolute Gasteiger partial charge is 0.367 e. The van der Waals surface area contributed by atoms with E-state index in [1.54, 1.807) is 6.20 Å². The summed E-state index contributed by atoms with van der Waals surface area (Å²) in [7, 11) is 0. The Bertz CT molecular complexity index is 248. The van der Waals surface area contributed by atoms with Crippen LogP contribution in [0.3, 0.4) is 0 Å². The van der Waals surface area contributed by atoms with Gasteiger partial charge in [0.15, 0.2) is 0 Å². The van der Waals surface area contributed by atoms with Gasteiger partial charge < -0.3 is 9.97 Å². The Morgan fingerprint density at radius 2 is 2.30 bits per heavy atom. The lowest BCUT2D eigenvalue weighted by atomic mass is 10.3. The Hall–Kier alpha value is -1.51. The normalized spacial score (nSPS) is 10.0. The second-order valence-electron chi connectivity index (χ2n) is 2.04. The molecule has 3 nitrogen and oxygen atoms in total. The summed E-state index contributed by atoms with van der Waals surface area (Å²) in [5.74, 6) is 0.904. The van der Waals surface area contributed by atoms with Crippen LogP contribution in [0.2, 0.25) is 0 Å². The van der Waals surface area contributed by atoms with Gasteiger partial charge in [0, 0.05) is 30.4 Å². The molecule has 0 radical (unpaired) electrons. The first-order valence-electron chi connectivity index (χ1n) is 3.09. The third kappa shape index (κ3) is 0.719. The van der Waals surface area contributed by atoms with Gasteiger partial charge in [-0.2, -0.15) is 0 Å². The maximum Gasteiger partial charge on any atom is 0.138 e. The van der Waals surface area contributed by atoms with Crippen LogP contribution in [0.25, 0.3) is 11.4 Å². The maximum atomic E-state index is 4.08. The quantitative estimate of drug-likeness (QED) is 0.606. The highest BCUT2D eigenvalue weighted by Gasteiger charge is 1.96. The number of hydrogen-bond donors (Lipinski definition) is 2. The van der Waals surface area contributed by atoms with Crippen LogP contribution in [0.5, 0.6) is 0 Å². The summed E-state index contributed by atoms with van der Waals surface area (Å²) in [5.41, 5.74) is 1.09. The average molecular weight is 133 g/mol. The molecule has 2 aromatic rings. The van der Waals surface area contributed by atoms with Crippen molar-refractivity contribution in [1.82, 2.24) is 15.0 Å². The van der Waals surface area contributed by atoms with E-state index in [0.717, 1.165) is 11.4 Å². The van der Waals surface area contributed by atoms with E-state index in [9.17, 15) is 0 Å². The molecule has 3 heteroatoms. The molecule has 0 amide bonds. The fourth-order valence-corrected chi connectivity index (χ4v) is 0.894. The summed E-state index contributed by atoms with van der Waals surface area (Å²) in [6.07, 6.45) is 7.32. The van der Waals surface area contributed by atoms with Crippen LogP contribution in [-0.2, 0) is 0 Å². The summed E-state index contributed by atoms with van der Waals surface area (Å²) in [4.78, 5) is 10.0. The van der Waals surface area contributed by atoms with E-state index in [4.69, 9.17) is 0 Å². The number of rotatable bonds is 1. The molecule has 0 saturated heterocycles. The zero-order valence-corrected chi connectivity index (χ0v) is 5.33. The van der Waals surface area contributed by atoms with Crippen molar-refractivity contribution >= 4 is 0 Å². The molecule has 2 N–H and O–H groups in total. The number of imidazole rings is 1. The molecule has 2 heterocycles. The highest BCUT2D eigenvalue weighted by atomic mass is 14.9. The second kappa shape index (κ2) is 2.02. The summed E-state index contributed by atoms with van der Waals surface area (Å²) in [5, 5.41) is 0. The minimum atomic E-state index is 0.904. The maximum absolute atomic E-state index is 4.08. The molecule has 2 aromatic heterocycles. The van der Waals surface area contributed by atoms with E-state index in [-0.39, 0.29) is 0 Å². The number of aromatic nitrogens is 3. The molecule has 0 bridgehead atoms. The Morgan fingerprint density at radius 1 is 1.30 bits per heavy atom. The van der Waals surface area contributed by atoms with E-state index in [0.29, 0.717) is 0 Å². The molecule has 10 heavy (non-hydrogen) atoms. The van der Waals surface area contributed by atoms with Gasteiger partial charge in [0.05, 0.1) is 0 Å². The molecule has 2 rings (SSSR count). The Balaban J connectivity index is 2.48. The SMILES string of the molecule is c1c[nH]c(-c2cc[nH]c2)n1. The Labute approximate surface area is 58.1 Å². The Kier molecular flexibility index (Phi) is 1.07. The molecule has 0 saturated carbocycles. The van der Waals surface area contributed by atoms with Gasteiger partial charge in [0.1, 0.15) is 5.82 Å². The molecule has 0 aliphatic rings. The molecule has 0 spiro atoms.